The molecule has 1 aromatic carbocycles. The molecule has 7 heteroatoms. The van der Waals surface area contributed by atoms with Gasteiger partial charge in [0.2, 0.25) is 0 Å². The number of fused-ring (bicyclic) bond motifs is 1. The number of amides is 1. The molecular formula is C21H25N3O4. The van der Waals surface area contributed by atoms with E-state index in [9.17, 15) is 9.59 Å². The zero-order valence-electron chi connectivity index (χ0n) is 16.8. The standard InChI is InChI=1S/C21H25N3O4/c1-6-14-10-19(25)28-18-11-15(8-9-17(14)18)27-13(4)21(26)22-20-16(7-2)12(3)23-24(20)5/h8-11,13H,6-7H2,1-5H3,(H,22,26). The zero-order valence-corrected chi connectivity index (χ0v) is 16.8. The summed E-state index contributed by atoms with van der Waals surface area (Å²) in [6.45, 7) is 7.59. The Morgan fingerprint density at radius 2 is 2.04 bits per heavy atom. The van der Waals surface area contributed by atoms with Gasteiger partial charge in [-0.25, -0.2) is 4.79 Å². The van der Waals surface area contributed by atoms with Crippen LogP contribution in [0.5, 0.6) is 5.75 Å². The van der Waals surface area contributed by atoms with Gasteiger partial charge in [0, 0.05) is 30.1 Å². The lowest BCUT2D eigenvalue weighted by Gasteiger charge is -2.16. The summed E-state index contributed by atoms with van der Waals surface area (Å²) >= 11 is 0. The van der Waals surface area contributed by atoms with Crippen LogP contribution in [0, 0.1) is 6.92 Å². The molecule has 0 spiro atoms. The number of aromatic nitrogens is 2. The highest BCUT2D eigenvalue weighted by atomic mass is 16.5. The van der Waals surface area contributed by atoms with Gasteiger partial charge in [-0.1, -0.05) is 13.8 Å². The van der Waals surface area contributed by atoms with Crippen molar-refractivity contribution in [3.8, 4) is 5.75 Å². The van der Waals surface area contributed by atoms with Gasteiger partial charge in [0.15, 0.2) is 6.10 Å². The van der Waals surface area contributed by atoms with Crippen molar-refractivity contribution in [2.45, 2.75) is 46.6 Å². The van der Waals surface area contributed by atoms with Crippen LogP contribution in [0.15, 0.2) is 33.5 Å². The molecule has 0 saturated heterocycles. The number of ether oxygens (including phenoxy) is 1. The molecule has 3 rings (SSSR count). The molecule has 3 aromatic rings. The Labute approximate surface area is 163 Å². The van der Waals surface area contributed by atoms with Gasteiger partial charge in [-0.05, 0) is 44.4 Å². The van der Waals surface area contributed by atoms with Gasteiger partial charge in [0.05, 0.1) is 5.69 Å². The van der Waals surface area contributed by atoms with Crippen LogP contribution in [0.1, 0.15) is 37.6 Å². The van der Waals surface area contributed by atoms with E-state index in [0.29, 0.717) is 17.2 Å². The van der Waals surface area contributed by atoms with Gasteiger partial charge in [0.1, 0.15) is 17.2 Å². The van der Waals surface area contributed by atoms with Gasteiger partial charge in [-0.15, -0.1) is 0 Å². The zero-order chi connectivity index (χ0) is 20.4. The molecule has 0 aliphatic heterocycles. The van der Waals surface area contributed by atoms with E-state index in [1.807, 2.05) is 26.8 Å². The van der Waals surface area contributed by atoms with Crippen LogP contribution in [0.3, 0.4) is 0 Å². The predicted molar refractivity (Wildman–Crippen MR) is 108 cm³/mol. The third-order valence-corrected chi connectivity index (χ3v) is 4.81. The van der Waals surface area contributed by atoms with Crippen molar-refractivity contribution in [2.75, 3.05) is 5.32 Å². The Morgan fingerprint density at radius 3 is 2.71 bits per heavy atom. The predicted octanol–water partition coefficient (Wildman–Crippen LogP) is 3.37. The molecule has 1 N–H and O–H groups in total. The first kappa shape index (κ1) is 19.7. The first-order valence-electron chi connectivity index (χ1n) is 9.40. The molecule has 0 bridgehead atoms. The van der Waals surface area contributed by atoms with Crippen LogP contribution < -0.4 is 15.7 Å². The second-order valence-corrected chi connectivity index (χ2v) is 6.74. The number of benzene rings is 1. The number of hydrogen-bond donors (Lipinski definition) is 1. The van der Waals surface area contributed by atoms with Gasteiger partial charge in [-0.3, -0.25) is 9.48 Å². The number of nitrogens with one attached hydrogen (secondary N) is 1. The molecule has 148 valence electrons. The summed E-state index contributed by atoms with van der Waals surface area (Å²) in [6, 6.07) is 6.76. The molecule has 2 heterocycles. The maximum atomic E-state index is 12.6. The first-order chi connectivity index (χ1) is 13.3. The minimum absolute atomic E-state index is 0.276. The van der Waals surface area contributed by atoms with Crippen LogP contribution in [0.2, 0.25) is 0 Å². The van der Waals surface area contributed by atoms with E-state index in [0.717, 1.165) is 35.0 Å². The molecule has 1 unspecified atom stereocenters. The molecule has 2 aromatic heterocycles. The van der Waals surface area contributed by atoms with E-state index in [1.54, 1.807) is 30.8 Å². The average molecular weight is 383 g/mol. The van der Waals surface area contributed by atoms with E-state index in [2.05, 4.69) is 10.4 Å². The van der Waals surface area contributed by atoms with Crippen LogP contribution in [-0.4, -0.2) is 21.8 Å². The molecule has 1 atom stereocenters. The topological polar surface area (TPSA) is 86.4 Å². The van der Waals surface area contributed by atoms with Crippen molar-refractivity contribution < 1.29 is 13.9 Å². The Hall–Kier alpha value is -3.09. The molecule has 0 aliphatic rings. The van der Waals surface area contributed by atoms with E-state index in [-0.39, 0.29) is 5.91 Å². The Balaban J connectivity index is 1.80. The molecular weight excluding hydrogens is 358 g/mol. The summed E-state index contributed by atoms with van der Waals surface area (Å²) in [5, 5.41) is 8.12. The smallest absolute Gasteiger partial charge is 0.336 e. The van der Waals surface area contributed by atoms with Crippen LogP contribution in [0.25, 0.3) is 11.0 Å². The number of aryl methyl sites for hydroxylation is 3. The third kappa shape index (κ3) is 3.78. The SMILES string of the molecule is CCc1c(C)nn(C)c1NC(=O)C(C)Oc1ccc2c(CC)cc(=O)oc2c1. The average Bonchev–Trinajstić information content (AvgIpc) is 2.92. The van der Waals surface area contributed by atoms with Gasteiger partial charge in [0.25, 0.3) is 5.91 Å². The van der Waals surface area contributed by atoms with Crippen LogP contribution >= 0.6 is 0 Å². The molecule has 0 radical (unpaired) electrons. The number of hydrogen-bond acceptors (Lipinski definition) is 5. The summed E-state index contributed by atoms with van der Waals surface area (Å²) in [7, 11) is 1.80. The van der Waals surface area contributed by atoms with E-state index in [4.69, 9.17) is 9.15 Å². The Morgan fingerprint density at radius 1 is 1.29 bits per heavy atom. The number of carbonyl (C=O) groups excluding carboxylic acids is 1. The Kier molecular flexibility index (Phi) is 5.53. The maximum absolute atomic E-state index is 12.6. The van der Waals surface area contributed by atoms with Gasteiger partial charge < -0.3 is 14.5 Å². The van der Waals surface area contributed by atoms with Gasteiger partial charge >= 0.3 is 5.63 Å². The first-order valence-corrected chi connectivity index (χ1v) is 9.40. The fourth-order valence-corrected chi connectivity index (χ4v) is 3.33. The van der Waals surface area contributed by atoms with Crippen molar-refractivity contribution in [3.63, 3.8) is 0 Å². The molecule has 0 fully saturated rings. The largest absolute Gasteiger partial charge is 0.481 e. The fraction of sp³-hybridized carbons (Fsp3) is 0.381. The normalized spacial score (nSPS) is 12.2. The Bertz CT molecular complexity index is 1080. The van der Waals surface area contributed by atoms with Crippen molar-refractivity contribution >= 4 is 22.7 Å². The minimum Gasteiger partial charge on any atom is -0.481 e. The lowest BCUT2D eigenvalue weighted by molar-refractivity contribution is -0.122. The summed E-state index contributed by atoms with van der Waals surface area (Å²) in [5.74, 6) is 0.863. The molecule has 0 saturated carbocycles. The van der Waals surface area contributed by atoms with Crippen molar-refractivity contribution in [1.29, 1.82) is 0 Å². The second-order valence-electron chi connectivity index (χ2n) is 6.74. The number of carbonyl (C=O) groups is 1. The van der Waals surface area contributed by atoms with Crippen molar-refractivity contribution in [3.05, 3.63) is 51.5 Å². The highest BCUT2D eigenvalue weighted by molar-refractivity contribution is 5.94. The summed E-state index contributed by atoms with van der Waals surface area (Å²) in [5.41, 5.74) is 2.87. The molecule has 0 aliphatic carbocycles. The fourth-order valence-electron chi connectivity index (χ4n) is 3.33. The number of nitrogens with zero attached hydrogens (tertiary/aromatic N) is 2. The number of rotatable bonds is 6. The molecule has 7 nitrogen and oxygen atoms in total. The van der Waals surface area contributed by atoms with Crippen molar-refractivity contribution in [2.24, 2.45) is 7.05 Å². The quantitative estimate of drug-likeness (QED) is 0.660. The minimum atomic E-state index is -0.738. The maximum Gasteiger partial charge on any atom is 0.336 e. The summed E-state index contributed by atoms with van der Waals surface area (Å²) < 4.78 is 12.7. The highest BCUT2D eigenvalue weighted by Crippen LogP contribution is 2.24. The lowest BCUT2D eigenvalue weighted by atomic mass is 10.1. The van der Waals surface area contributed by atoms with Crippen LogP contribution in [0.4, 0.5) is 5.82 Å². The second kappa shape index (κ2) is 7.88. The van der Waals surface area contributed by atoms with Gasteiger partial charge in [-0.2, -0.15) is 5.10 Å². The van der Waals surface area contributed by atoms with E-state index >= 15 is 0 Å². The monoisotopic (exact) mass is 383 g/mol. The molecule has 1 amide bonds. The van der Waals surface area contributed by atoms with Crippen LogP contribution in [-0.2, 0) is 24.7 Å². The van der Waals surface area contributed by atoms with E-state index < -0.39 is 11.7 Å². The van der Waals surface area contributed by atoms with E-state index in [1.165, 1.54) is 6.07 Å². The highest BCUT2D eigenvalue weighted by Gasteiger charge is 2.20. The number of anilines is 1. The lowest BCUT2D eigenvalue weighted by Crippen LogP contribution is -2.31. The summed E-state index contributed by atoms with van der Waals surface area (Å²) in [4.78, 5) is 24.3. The molecule has 28 heavy (non-hydrogen) atoms. The van der Waals surface area contributed by atoms with Crippen molar-refractivity contribution in [1.82, 2.24) is 9.78 Å². The third-order valence-electron chi connectivity index (χ3n) is 4.81. The summed E-state index contributed by atoms with van der Waals surface area (Å²) in [6.07, 6.45) is 0.761.